The minimum absolute atomic E-state index is 0.0106. The number of esters is 1. The molecule has 2 aromatic carbocycles. The van der Waals surface area contributed by atoms with E-state index in [0.29, 0.717) is 6.61 Å². The maximum Gasteiger partial charge on any atom is 0.308 e. The van der Waals surface area contributed by atoms with Crippen LogP contribution in [0, 0.1) is 5.92 Å². The zero-order valence-electron chi connectivity index (χ0n) is 20.4. The average Bonchev–Trinajstić information content (AvgIpc) is 2.80. The van der Waals surface area contributed by atoms with Crippen molar-refractivity contribution in [3.05, 3.63) is 60.2 Å². The molecule has 0 aliphatic carbocycles. The first-order chi connectivity index (χ1) is 15.7. The third kappa shape index (κ3) is 15.3. The minimum atomic E-state index is -0.996. The standard InChI is InChI=1S/C20H24O2.C4H7NO3.C3H8/c1-3-22-20(21)16(2)8-7-9-17-12-14-19(15-13-17)18-10-5-4-6-11-18;5-3(6)1-2-4(7)8;1-3-2/h4-6,10-16H,3,7-9H2,1-2H3;1-2H2,(H2,5,6)(H,7,8);3H2,1-2H3. The van der Waals surface area contributed by atoms with Crippen LogP contribution < -0.4 is 5.73 Å². The first-order valence-electron chi connectivity index (χ1n) is 11.6. The highest BCUT2D eigenvalue weighted by Gasteiger charge is 2.13. The molecule has 6 nitrogen and oxygen atoms in total. The molecular weight excluding hydrogens is 418 g/mol. The Morgan fingerprint density at radius 3 is 1.91 bits per heavy atom. The summed E-state index contributed by atoms with van der Waals surface area (Å²) in [7, 11) is 0. The van der Waals surface area contributed by atoms with Crippen molar-refractivity contribution in [2.45, 2.75) is 66.2 Å². The Bertz CT molecular complexity index is 789. The Labute approximate surface area is 198 Å². The highest BCUT2D eigenvalue weighted by molar-refractivity contribution is 5.79. The van der Waals surface area contributed by atoms with Gasteiger partial charge in [-0.2, -0.15) is 0 Å². The summed E-state index contributed by atoms with van der Waals surface area (Å²) in [5.41, 5.74) is 8.43. The van der Waals surface area contributed by atoms with Gasteiger partial charge in [-0.1, -0.05) is 81.8 Å². The zero-order valence-corrected chi connectivity index (χ0v) is 20.4. The number of rotatable bonds is 10. The number of nitrogens with two attached hydrogens (primary N) is 1. The summed E-state index contributed by atoms with van der Waals surface area (Å²) >= 11 is 0. The molecule has 33 heavy (non-hydrogen) atoms. The molecular formula is C27H39NO5. The zero-order chi connectivity index (χ0) is 25.1. The van der Waals surface area contributed by atoms with Crippen LogP contribution in [0.25, 0.3) is 11.1 Å². The molecule has 0 aliphatic rings. The van der Waals surface area contributed by atoms with E-state index in [2.05, 4.69) is 68.1 Å². The third-order valence-electron chi connectivity index (χ3n) is 4.44. The molecule has 1 atom stereocenters. The normalized spacial score (nSPS) is 10.5. The van der Waals surface area contributed by atoms with Gasteiger partial charge >= 0.3 is 11.9 Å². The van der Waals surface area contributed by atoms with E-state index in [4.69, 9.17) is 9.84 Å². The summed E-state index contributed by atoms with van der Waals surface area (Å²) in [6, 6.07) is 19.1. The third-order valence-corrected chi connectivity index (χ3v) is 4.44. The van der Waals surface area contributed by atoms with Gasteiger partial charge in [0.1, 0.15) is 0 Å². The Kier molecular flexibility index (Phi) is 16.7. The summed E-state index contributed by atoms with van der Waals surface area (Å²) in [4.78, 5) is 31.1. The Balaban J connectivity index is 0.000000780. The number of primary amides is 1. The van der Waals surface area contributed by atoms with E-state index in [1.54, 1.807) is 0 Å². The molecule has 0 bridgehead atoms. The van der Waals surface area contributed by atoms with E-state index in [1.165, 1.54) is 23.1 Å². The number of aryl methyl sites for hydroxylation is 1. The predicted molar refractivity (Wildman–Crippen MR) is 133 cm³/mol. The highest BCUT2D eigenvalue weighted by atomic mass is 16.5. The van der Waals surface area contributed by atoms with Crippen molar-refractivity contribution in [2.75, 3.05) is 6.61 Å². The van der Waals surface area contributed by atoms with Gasteiger partial charge in [-0.05, 0) is 42.9 Å². The first-order valence-corrected chi connectivity index (χ1v) is 11.6. The number of amides is 1. The molecule has 1 unspecified atom stereocenters. The van der Waals surface area contributed by atoms with Gasteiger partial charge in [0.2, 0.25) is 5.91 Å². The van der Waals surface area contributed by atoms with Crippen LogP contribution in [0.4, 0.5) is 0 Å². The molecule has 0 saturated heterocycles. The van der Waals surface area contributed by atoms with Gasteiger partial charge in [-0.25, -0.2) is 0 Å². The molecule has 0 heterocycles. The van der Waals surface area contributed by atoms with Crippen molar-refractivity contribution in [3.8, 4) is 11.1 Å². The smallest absolute Gasteiger partial charge is 0.308 e. The Morgan fingerprint density at radius 1 is 0.909 bits per heavy atom. The molecule has 2 rings (SSSR count). The molecule has 182 valence electrons. The van der Waals surface area contributed by atoms with Gasteiger partial charge in [0.15, 0.2) is 0 Å². The predicted octanol–water partition coefficient (Wildman–Crippen LogP) is 5.63. The SMILES string of the molecule is CCC.CCOC(=O)C(C)CCCc1ccc(-c2ccccc2)cc1.NC(=O)CCC(=O)O. The Morgan fingerprint density at radius 2 is 1.45 bits per heavy atom. The lowest BCUT2D eigenvalue weighted by atomic mass is 9.99. The van der Waals surface area contributed by atoms with Crippen LogP contribution in [0.5, 0.6) is 0 Å². The van der Waals surface area contributed by atoms with Crippen molar-refractivity contribution in [3.63, 3.8) is 0 Å². The van der Waals surface area contributed by atoms with Gasteiger partial charge < -0.3 is 15.6 Å². The lowest BCUT2D eigenvalue weighted by Gasteiger charge is -2.10. The van der Waals surface area contributed by atoms with Crippen LogP contribution >= 0.6 is 0 Å². The molecule has 0 fully saturated rings. The summed E-state index contributed by atoms with van der Waals surface area (Å²) in [6.45, 7) is 8.50. The van der Waals surface area contributed by atoms with Crippen molar-refractivity contribution in [2.24, 2.45) is 11.7 Å². The lowest BCUT2D eigenvalue weighted by Crippen LogP contribution is -2.14. The number of carbonyl (C=O) groups is 3. The maximum absolute atomic E-state index is 11.6. The van der Waals surface area contributed by atoms with Gasteiger partial charge in [0.05, 0.1) is 18.9 Å². The molecule has 1 amide bonds. The van der Waals surface area contributed by atoms with Gasteiger partial charge in [-0.15, -0.1) is 0 Å². The summed E-state index contributed by atoms with van der Waals surface area (Å²) in [5, 5.41) is 7.95. The second-order valence-electron chi connectivity index (χ2n) is 7.68. The maximum atomic E-state index is 11.6. The van der Waals surface area contributed by atoms with E-state index < -0.39 is 11.9 Å². The van der Waals surface area contributed by atoms with Crippen LogP contribution in [-0.4, -0.2) is 29.6 Å². The number of ether oxygens (including phenoxy) is 1. The summed E-state index contributed by atoms with van der Waals surface area (Å²) < 4.78 is 5.03. The number of benzene rings is 2. The monoisotopic (exact) mass is 457 g/mol. The highest BCUT2D eigenvalue weighted by Crippen LogP contribution is 2.20. The largest absolute Gasteiger partial charge is 0.481 e. The fourth-order valence-corrected chi connectivity index (χ4v) is 2.74. The molecule has 0 aliphatic heterocycles. The van der Waals surface area contributed by atoms with E-state index in [-0.39, 0.29) is 24.7 Å². The fraction of sp³-hybridized carbons (Fsp3) is 0.444. The molecule has 0 radical (unpaired) electrons. The average molecular weight is 458 g/mol. The number of carboxylic acid groups (broad SMARTS) is 1. The van der Waals surface area contributed by atoms with Crippen molar-refractivity contribution in [1.29, 1.82) is 0 Å². The summed E-state index contributed by atoms with van der Waals surface area (Å²) in [6.07, 6.45) is 3.88. The van der Waals surface area contributed by atoms with E-state index >= 15 is 0 Å². The lowest BCUT2D eigenvalue weighted by molar-refractivity contribution is -0.147. The van der Waals surface area contributed by atoms with Crippen molar-refractivity contribution < 1.29 is 24.2 Å². The van der Waals surface area contributed by atoms with Crippen LogP contribution in [0.15, 0.2) is 54.6 Å². The molecule has 2 aromatic rings. The van der Waals surface area contributed by atoms with Crippen LogP contribution in [-0.2, 0) is 25.5 Å². The number of hydrogen-bond donors (Lipinski definition) is 2. The molecule has 0 aromatic heterocycles. The molecule has 3 N–H and O–H groups in total. The van der Waals surface area contributed by atoms with Crippen LogP contribution in [0.3, 0.4) is 0 Å². The van der Waals surface area contributed by atoms with Crippen LogP contribution in [0.1, 0.15) is 65.4 Å². The minimum Gasteiger partial charge on any atom is -0.481 e. The Hall–Kier alpha value is -3.15. The fourth-order valence-electron chi connectivity index (χ4n) is 2.74. The van der Waals surface area contributed by atoms with E-state index in [1.807, 2.05) is 19.9 Å². The van der Waals surface area contributed by atoms with E-state index in [0.717, 1.165) is 19.3 Å². The first kappa shape index (κ1) is 29.9. The number of carboxylic acids is 1. The topological polar surface area (TPSA) is 107 Å². The molecule has 6 heteroatoms. The number of hydrogen-bond acceptors (Lipinski definition) is 4. The second-order valence-corrected chi connectivity index (χ2v) is 7.68. The second kappa shape index (κ2) is 18.4. The van der Waals surface area contributed by atoms with Crippen molar-refractivity contribution in [1.82, 2.24) is 0 Å². The van der Waals surface area contributed by atoms with Crippen molar-refractivity contribution >= 4 is 17.8 Å². The quantitative estimate of drug-likeness (QED) is 0.450. The molecule has 0 spiro atoms. The van der Waals surface area contributed by atoms with Gasteiger partial charge in [0.25, 0.3) is 0 Å². The van der Waals surface area contributed by atoms with Gasteiger partial charge in [0, 0.05) is 6.42 Å². The van der Waals surface area contributed by atoms with E-state index in [9.17, 15) is 14.4 Å². The van der Waals surface area contributed by atoms with Gasteiger partial charge in [-0.3, -0.25) is 14.4 Å². The number of carbonyl (C=O) groups excluding carboxylic acids is 2. The van der Waals surface area contributed by atoms with Crippen LogP contribution in [0.2, 0.25) is 0 Å². The summed E-state index contributed by atoms with van der Waals surface area (Å²) in [5.74, 6) is -1.67. The number of aliphatic carboxylic acids is 1. The molecule has 0 saturated carbocycles.